The molecule has 3 N–H and O–H groups in total. The molecule has 0 bridgehead atoms. The molecule has 0 aliphatic carbocycles. The summed E-state index contributed by atoms with van der Waals surface area (Å²) in [6, 6.07) is 13.3. The third-order valence-corrected chi connectivity index (χ3v) is 4.54. The maximum atomic E-state index is 12.1. The number of amides is 2. The lowest BCUT2D eigenvalue weighted by Gasteiger charge is -2.18. The number of urea groups is 1. The average molecular weight is 346 g/mol. The van der Waals surface area contributed by atoms with Gasteiger partial charge in [0.05, 0.1) is 0 Å². The minimum Gasteiger partial charge on any atom is -0.481 e. The highest BCUT2D eigenvalue weighted by Gasteiger charge is 2.14. The third-order valence-electron chi connectivity index (χ3n) is 3.60. The van der Waals surface area contributed by atoms with Gasteiger partial charge in [-0.25, -0.2) is 4.79 Å². The van der Waals surface area contributed by atoms with Crippen LogP contribution in [0.3, 0.4) is 0 Å². The second kappa shape index (κ2) is 9.72. The zero-order valence-electron chi connectivity index (χ0n) is 13.4. The largest absolute Gasteiger partial charge is 0.481 e. The Bertz CT molecular complexity index is 629. The van der Waals surface area contributed by atoms with Crippen molar-refractivity contribution in [3.63, 3.8) is 0 Å². The van der Waals surface area contributed by atoms with Crippen LogP contribution in [-0.2, 0) is 17.6 Å². The number of hydrogen-bond donors (Lipinski definition) is 3. The van der Waals surface area contributed by atoms with Crippen molar-refractivity contribution in [3.8, 4) is 0 Å². The first-order chi connectivity index (χ1) is 11.6. The highest BCUT2D eigenvalue weighted by atomic mass is 32.1. The fourth-order valence-electron chi connectivity index (χ4n) is 2.41. The maximum absolute atomic E-state index is 12.1. The molecule has 128 valence electrons. The molecule has 2 aromatic rings. The molecule has 0 saturated heterocycles. The second-order valence-electron chi connectivity index (χ2n) is 5.55. The van der Waals surface area contributed by atoms with Crippen LogP contribution in [0.2, 0.25) is 0 Å². The Morgan fingerprint density at radius 2 is 1.92 bits per heavy atom. The van der Waals surface area contributed by atoms with Gasteiger partial charge in [-0.15, -0.1) is 11.3 Å². The number of carboxylic acid groups (broad SMARTS) is 1. The fraction of sp³-hybridized carbons (Fsp3) is 0.333. The van der Waals surface area contributed by atoms with E-state index in [1.54, 1.807) is 11.3 Å². The predicted octanol–water partition coefficient (Wildman–Crippen LogP) is 3.07. The first kappa shape index (κ1) is 18.0. The summed E-state index contributed by atoms with van der Waals surface area (Å²) in [5.41, 5.74) is 1.08. The number of benzene rings is 1. The van der Waals surface area contributed by atoms with Gasteiger partial charge in [0.1, 0.15) is 0 Å². The van der Waals surface area contributed by atoms with Crippen molar-refractivity contribution in [1.29, 1.82) is 0 Å². The lowest BCUT2D eigenvalue weighted by Crippen LogP contribution is -2.43. The van der Waals surface area contributed by atoms with Crippen molar-refractivity contribution in [2.45, 2.75) is 31.7 Å². The van der Waals surface area contributed by atoms with Crippen molar-refractivity contribution in [3.05, 3.63) is 58.3 Å². The van der Waals surface area contributed by atoms with Crippen LogP contribution in [0.15, 0.2) is 47.8 Å². The molecule has 1 heterocycles. The SMILES string of the molecule is O=C(O)CCC(Cc1ccccc1)NC(=O)NCCc1cccs1. The van der Waals surface area contributed by atoms with Crippen LogP contribution in [-0.4, -0.2) is 29.7 Å². The van der Waals surface area contributed by atoms with Gasteiger partial charge in [0.2, 0.25) is 0 Å². The minimum absolute atomic E-state index is 0.0347. The van der Waals surface area contributed by atoms with Gasteiger partial charge in [0.25, 0.3) is 0 Å². The monoisotopic (exact) mass is 346 g/mol. The van der Waals surface area contributed by atoms with E-state index in [1.165, 1.54) is 4.88 Å². The summed E-state index contributed by atoms with van der Waals surface area (Å²) in [6.07, 6.45) is 1.85. The molecule has 1 aromatic heterocycles. The van der Waals surface area contributed by atoms with Crippen molar-refractivity contribution in [1.82, 2.24) is 10.6 Å². The number of aliphatic carboxylic acids is 1. The lowest BCUT2D eigenvalue weighted by molar-refractivity contribution is -0.137. The van der Waals surface area contributed by atoms with E-state index in [9.17, 15) is 9.59 Å². The van der Waals surface area contributed by atoms with Crippen molar-refractivity contribution >= 4 is 23.3 Å². The normalized spacial score (nSPS) is 11.7. The van der Waals surface area contributed by atoms with E-state index >= 15 is 0 Å². The van der Waals surface area contributed by atoms with Gasteiger partial charge < -0.3 is 15.7 Å². The Hall–Kier alpha value is -2.34. The Kier molecular flexibility index (Phi) is 7.29. The minimum atomic E-state index is -0.854. The van der Waals surface area contributed by atoms with E-state index in [0.29, 0.717) is 19.4 Å². The van der Waals surface area contributed by atoms with Gasteiger partial charge in [-0.2, -0.15) is 0 Å². The van der Waals surface area contributed by atoms with Gasteiger partial charge in [-0.1, -0.05) is 36.4 Å². The van der Waals surface area contributed by atoms with Gasteiger partial charge in [-0.3, -0.25) is 4.79 Å². The van der Waals surface area contributed by atoms with E-state index in [2.05, 4.69) is 10.6 Å². The number of nitrogens with one attached hydrogen (secondary N) is 2. The Labute approximate surface area is 145 Å². The highest BCUT2D eigenvalue weighted by molar-refractivity contribution is 7.09. The molecule has 0 spiro atoms. The number of carbonyl (C=O) groups is 2. The topological polar surface area (TPSA) is 78.4 Å². The molecule has 0 fully saturated rings. The molecular weight excluding hydrogens is 324 g/mol. The zero-order valence-corrected chi connectivity index (χ0v) is 14.2. The Morgan fingerprint density at radius 3 is 2.58 bits per heavy atom. The quantitative estimate of drug-likeness (QED) is 0.653. The molecule has 2 rings (SSSR count). The predicted molar refractivity (Wildman–Crippen MR) is 95.4 cm³/mol. The van der Waals surface area contributed by atoms with Gasteiger partial charge in [0, 0.05) is 23.9 Å². The molecule has 1 aromatic carbocycles. The summed E-state index contributed by atoms with van der Waals surface area (Å²) in [7, 11) is 0. The standard InChI is InChI=1S/C18H22N2O3S/c21-17(22)9-8-15(13-14-5-2-1-3-6-14)20-18(23)19-11-10-16-7-4-12-24-16/h1-7,12,15H,8-11,13H2,(H,21,22)(H2,19,20,23). The Balaban J connectivity index is 1.81. The number of rotatable bonds is 9. The van der Waals surface area contributed by atoms with Crippen LogP contribution in [0.1, 0.15) is 23.3 Å². The van der Waals surface area contributed by atoms with Crippen LogP contribution < -0.4 is 10.6 Å². The molecule has 0 aliphatic heterocycles. The fourth-order valence-corrected chi connectivity index (χ4v) is 3.12. The van der Waals surface area contributed by atoms with Gasteiger partial charge >= 0.3 is 12.0 Å². The molecular formula is C18H22N2O3S. The van der Waals surface area contributed by atoms with Crippen LogP contribution >= 0.6 is 11.3 Å². The first-order valence-corrected chi connectivity index (χ1v) is 8.84. The molecule has 6 heteroatoms. The average Bonchev–Trinajstić information content (AvgIpc) is 3.07. The van der Waals surface area contributed by atoms with E-state index in [4.69, 9.17) is 5.11 Å². The summed E-state index contributed by atoms with van der Waals surface area (Å²) in [6.45, 7) is 0.559. The van der Waals surface area contributed by atoms with Crippen molar-refractivity contribution in [2.75, 3.05) is 6.54 Å². The van der Waals surface area contributed by atoms with Crippen LogP contribution in [0.5, 0.6) is 0 Å². The molecule has 0 saturated carbocycles. The summed E-state index contributed by atoms with van der Waals surface area (Å²) in [4.78, 5) is 24.1. The zero-order chi connectivity index (χ0) is 17.2. The van der Waals surface area contributed by atoms with Crippen molar-refractivity contribution in [2.24, 2.45) is 0 Å². The summed E-state index contributed by atoms with van der Waals surface area (Å²) < 4.78 is 0. The van der Waals surface area contributed by atoms with E-state index in [0.717, 1.165) is 12.0 Å². The highest BCUT2D eigenvalue weighted by Crippen LogP contribution is 2.09. The Morgan fingerprint density at radius 1 is 1.12 bits per heavy atom. The second-order valence-corrected chi connectivity index (χ2v) is 6.58. The van der Waals surface area contributed by atoms with E-state index < -0.39 is 5.97 Å². The summed E-state index contributed by atoms with van der Waals surface area (Å²) >= 11 is 1.66. The van der Waals surface area contributed by atoms with Gasteiger partial charge in [0.15, 0.2) is 0 Å². The molecule has 1 atom stereocenters. The number of carbonyl (C=O) groups excluding carboxylic acids is 1. The molecule has 0 radical (unpaired) electrons. The first-order valence-electron chi connectivity index (χ1n) is 7.96. The van der Waals surface area contributed by atoms with E-state index in [-0.39, 0.29) is 18.5 Å². The van der Waals surface area contributed by atoms with E-state index in [1.807, 2.05) is 47.8 Å². The lowest BCUT2D eigenvalue weighted by atomic mass is 10.0. The van der Waals surface area contributed by atoms with Crippen LogP contribution in [0.4, 0.5) is 4.79 Å². The number of hydrogen-bond acceptors (Lipinski definition) is 3. The molecule has 1 unspecified atom stereocenters. The summed E-state index contributed by atoms with van der Waals surface area (Å²) in [5, 5.41) is 16.6. The molecule has 24 heavy (non-hydrogen) atoms. The number of thiophene rings is 1. The third kappa shape index (κ3) is 6.83. The smallest absolute Gasteiger partial charge is 0.315 e. The maximum Gasteiger partial charge on any atom is 0.315 e. The molecule has 5 nitrogen and oxygen atoms in total. The molecule has 2 amide bonds. The number of carboxylic acids is 1. The van der Waals surface area contributed by atoms with Crippen molar-refractivity contribution < 1.29 is 14.7 Å². The van der Waals surface area contributed by atoms with Crippen LogP contribution in [0, 0.1) is 0 Å². The summed E-state index contributed by atoms with van der Waals surface area (Å²) in [5.74, 6) is -0.854. The molecule has 0 aliphatic rings. The van der Waals surface area contributed by atoms with Crippen LogP contribution in [0.25, 0.3) is 0 Å². The van der Waals surface area contributed by atoms with Gasteiger partial charge in [-0.05, 0) is 36.3 Å².